The van der Waals surface area contributed by atoms with Crippen LogP contribution in [-0.2, 0) is 33.8 Å². The van der Waals surface area contributed by atoms with E-state index in [9.17, 15) is 24.6 Å². The van der Waals surface area contributed by atoms with E-state index in [-0.39, 0.29) is 18.7 Å². The van der Waals surface area contributed by atoms with Crippen molar-refractivity contribution in [1.29, 1.82) is 0 Å². The van der Waals surface area contributed by atoms with E-state index in [4.69, 9.17) is 5.73 Å². The van der Waals surface area contributed by atoms with Crippen molar-refractivity contribution in [3.63, 3.8) is 0 Å². The van der Waals surface area contributed by atoms with Crippen molar-refractivity contribution in [1.82, 2.24) is 5.32 Å². The van der Waals surface area contributed by atoms with Gasteiger partial charge in [0.05, 0.1) is 11.8 Å². The van der Waals surface area contributed by atoms with E-state index in [0.29, 0.717) is 19.6 Å². The summed E-state index contributed by atoms with van der Waals surface area (Å²) in [6, 6.07) is 25.6. The van der Waals surface area contributed by atoms with Crippen molar-refractivity contribution in [2.24, 2.45) is 17.6 Å². The topological polar surface area (TPSA) is 130 Å². The summed E-state index contributed by atoms with van der Waals surface area (Å²) in [6.45, 7) is 8.88. The molecule has 9 heteroatoms. The molecule has 44 heavy (non-hydrogen) atoms. The quantitative estimate of drug-likeness (QED) is 0.211. The molecular weight excluding hydrogens is 556 g/mol. The fourth-order valence-corrected chi connectivity index (χ4v) is 6.94. The fourth-order valence-electron chi connectivity index (χ4n) is 6.94. The van der Waals surface area contributed by atoms with Gasteiger partial charge in [-0.15, -0.1) is 0 Å². The number of carbonyl (C=O) groups excluding carboxylic acids is 1. The number of amides is 1. The number of hydrogen-bond donors (Lipinski definition) is 4. The molecular formula is C35H44N4O5+2. The molecule has 0 aliphatic carbocycles. The second-order valence-corrected chi connectivity index (χ2v) is 12.7. The van der Waals surface area contributed by atoms with Gasteiger partial charge in [0.1, 0.15) is 45.8 Å². The average Bonchev–Trinajstić information content (AvgIpc) is 3.03. The van der Waals surface area contributed by atoms with Crippen molar-refractivity contribution in [2.75, 3.05) is 58.9 Å². The van der Waals surface area contributed by atoms with E-state index in [0.717, 1.165) is 77.0 Å². The lowest BCUT2D eigenvalue weighted by Gasteiger charge is -2.55. The van der Waals surface area contributed by atoms with Crippen molar-refractivity contribution in [3.8, 4) is 11.1 Å². The summed E-state index contributed by atoms with van der Waals surface area (Å²) in [7, 11) is 0. The summed E-state index contributed by atoms with van der Waals surface area (Å²) >= 11 is 0. The second-order valence-electron chi connectivity index (χ2n) is 12.7. The molecule has 9 nitrogen and oxygen atoms in total. The first-order chi connectivity index (χ1) is 21.2. The zero-order valence-electron chi connectivity index (χ0n) is 25.2. The smallest absolute Gasteiger partial charge is 0.307 e. The summed E-state index contributed by atoms with van der Waals surface area (Å²) in [5, 5.41) is 22.7. The SMILES string of the molecule is NCCNC(=O)C[N+]12CC[N+](Cc3ccc(-c4ccc(C[C@H](C(=O)O)[C@H](Cc5ccccc5)C(=O)O)cc4)cc3)(CC1)CC2. The van der Waals surface area contributed by atoms with Crippen LogP contribution in [0.1, 0.15) is 16.7 Å². The zero-order valence-corrected chi connectivity index (χ0v) is 25.2. The highest BCUT2D eigenvalue weighted by Crippen LogP contribution is 2.30. The summed E-state index contributed by atoms with van der Waals surface area (Å²) in [5.41, 5.74) is 10.6. The van der Waals surface area contributed by atoms with Crippen LogP contribution in [0.2, 0.25) is 0 Å². The van der Waals surface area contributed by atoms with E-state index in [2.05, 4.69) is 29.6 Å². The van der Waals surface area contributed by atoms with E-state index in [1.807, 2.05) is 54.6 Å². The molecule has 3 saturated heterocycles. The minimum absolute atomic E-state index is 0.107. The van der Waals surface area contributed by atoms with Gasteiger partial charge in [-0.3, -0.25) is 14.4 Å². The first-order valence-electron chi connectivity index (χ1n) is 15.5. The Balaban J connectivity index is 1.19. The molecule has 3 fully saturated rings. The first-order valence-corrected chi connectivity index (χ1v) is 15.5. The van der Waals surface area contributed by atoms with Crippen LogP contribution >= 0.6 is 0 Å². The number of fused-ring (bicyclic) bond motifs is 3. The number of rotatable bonds is 14. The molecule has 0 saturated carbocycles. The molecule has 0 aromatic heterocycles. The van der Waals surface area contributed by atoms with Crippen molar-refractivity contribution in [3.05, 3.63) is 95.6 Å². The lowest BCUT2D eigenvalue weighted by atomic mass is 9.82. The molecule has 0 radical (unpaired) electrons. The predicted octanol–water partition coefficient (Wildman–Crippen LogP) is 2.78. The van der Waals surface area contributed by atoms with Crippen molar-refractivity contribution in [2.45, 2.75) is 19.4 Å². The average molecular weight is 601 g/mol. The van der Waals surface area contributed by atoms with Crippen LogP contribution in [0.25, 0.3) is 11.1 Å². The van der Waals surface area contributed by atoms with Gasteiger partial charge in [-0.25, -0.2) is 0 Å². The largest absolute Gasteiger partial charge is 0.481 e. The number of hydrogen-bond acceptors (Lipinski definition) is 4. The van der Waals surface area contributed by atoms with E-state index in [1.54, 1.807) is 0 Å². The third-order valence-corrected chi connectivity index (χ3v) is 9.72. The van der Waals surface area contributed by atoms with E-state index in [1.165, 1.54) is 5.56 Å². The van der Waals surface area contributed by atoms with Crippen LogP contribution < -0.4 is 11.1 Å². The van der Waals surface area contributed by atoms with Crippen LogP contribution in [0.3, 0.4) is 0 Å². The number of quaternary nitrogens is 2. The lowest BCUT2D eigenvalue weighted by molar-refractivity contribution is -1.08. The highest BCUT2D eigenvalue weighted by molar-refractivity contribution is 5.80. The normalized spacial score (nSPS) is 22.2. The Morgan fingerprint density at radius 1 is 0.659 bits per heavy atom. The highest BCUT2D eigenvalue weighted by Gasteiger charge is 2.49. The number of nitrogens with zero attached hydrogens (tertiary/aromatic N) is 2. The first kappa shape index (κ1) is 31.4. The van der Waals surface area contributed by atoms with Gasteiger partial charge in [-0.2, -0.15) is 0 Å². The van der Waals surface area contributed by atoms with Gasteiger partial charge in [0, 0.05) is 18.7 Å². The Morgan fingerprint density at radius 2 is 1.11 bits per heavy atom. The molecule has 2 atom stereocenters. The summed E-state index contributed by atoms with van der Waals surface area (Å²) in [6.07, 6.45) is 0.320. The number of aliphatic carboxylic acids is 2. The number of piperazine rings is 3. The van der Waals surface area contributed by atoms with Gasteiger partial charge in [0.2, 0.25) is 0 Å². The summed E-state index contributed by atoms with van der Waals surface area (Å²) in [4.78, 5) is 36.6. The van der Waals surface area contributed by atoms with Gasteiger partial charge < -0.3 is 30.2 Å². The Bertz CT molecular complexity index is 1420. The van der Waals surface area contributed by atoms with E-state index < -0.39 is 23.8 Å². The standard InChI is InChI=1S/C35H42N4O5/c36-14-15-37-33(40)25-39-19-16-38(17-20-39,18-21-39)24-28-8-12-30(13-9-28)29-10-6-27(7-11-29)23-32(35(43)44)31(34(41)42)22-26-4-2-1-3-5-26/h1-13,31-32H,14-25,36H2,(H-2,37,40,41,42,43,44)/p+2/t31-,32-,38?,39?/m0/s1. The Morgan fingerprint density at radius 3 is 1.59 bits per heavy atom. The van der Waals surface area contributed by atoms with Crippen LogP contribution in [-0.4, -0.2) is 95.9 Å². The molecule has 232 valence electrons. The molecule has 3 aromatic carbocycles. The minimum atomic E-state index is -1.10. The number of nitrogens with two attached hydrogens (primary N) is 1. The van der Waals surface area contributed by atoms with Gasteiger partial charge in [-0.1, -0.05) is 78.9 Å². The van der Waals surface area contributed by atoms with Crippen LogP contribution in [0, 0.1) is 11.8 Å². The molecule has 1 amide bonds. The Kier molecular flexibility index (Phi) is 9.78. The summed E-state index contributed by atoms with van der Waals surface area (Å²) in [5.74, 6) is -4.15. The number of benzene rings is 3. The van der Waals surface area contributed by atoms with Crippen LogP contribution in [0.4, 0.5) is 0 Å². The van der Waals surface area contributed by atoms with Crippen LogP contribution in [0.5, 0.6) is 0 Å². The maximum absolute atomic E-state index is 12.3. The Labute approximate surface area is 259 Å². The van der Waals surface area contributed by atoms with Gasteiger partial charge in [0.15, 0.2) is 6.54 Å². The van der Waals surface area contributed by atoms with Crippen molar-refractivity contribution < 1.29 is 33.6 Å². The molecule has 0 unspecified atom stereocenters. The number of nitrogens with one attached hydrogen (secondary N) is 1. The predicted molar refractivity (Wildman–Crippen MR) is 168 cm³/mol. The van der Waals surface area contributed by atoms with E-state index >= 15 is 0 Å². The molecule has 3 aliphatic heterocycles. The van der Waals surface area contributed by atoms with Gasteiger partial charge >= 0.3 is 11.9 Å². The number of carboxylic acids is 2. The second kappa shape index (κ2) is 13.7. The Hall–Kier alpha value is -4.05. The zero-order chi connectivity index (χ0) is 31.2. The number of carbonyl (C=O) groups is 3. The number of carboxylic acid groups (broad SMARTS) is 2. The molecule has 5 N–H and O–H groups in total. The minimum Gasteiger partial charge on any atom is -0.481 e. The maximum Gasteiger partial charge on any atom is 0.307 e. The molecule has 6 rings (SSSR count). The maximum atomic E-state index is 12.3. The highest BCUT2D eigenvalue weighted by atomic mass is 16.4. The van der Waals surface area contributed by atoms with Crippen molar-refractivity contribution >= 4 is 17.8 Å². The molecule has 3 aromatic rings. The monoisotopic (exact) mass is 600 g/mol. The summed E-state index contributed by atoms with van der Waals surface area (Å²) < 4.78 is 1.97. The van der Waals surface area contributed by atoms with Gasteiger partial charge in [0.25, 0.3) is 5.91 Å². The molecule has 2 bridgehead atoms. The van der Waals surface area contributed by atoms with Gasteiger partial charge in [-0.05, 0) is 35.1 Å². The molecule has 3 aliphatic rings. The fraction of sp³-hybridized carbons (Fsp3) is 0.400. The molecule has 3 heterocycles. The third kappa shape index (κ3) is 7.53. The van der Waals surface area contributed by atoms with Crippen LogP contribution in [0.15, 0.2) is 78.9 Å². The lowest BCUT2D eigenvalue weighted by Crippen LogP contribution is -2.75. The molecule has 0 spiro atoms. The third-order valence-electron chi connectivity index (χ3n) is 9.72.